The number of ether oxygens (including phenoxy) is 1. The van der Waals surface area contributed by atoms with Crippen LogP contribution in [0.25, 0.3) is 0 Å². The van der Waals surface area contributed by atoms with Gasteiger partial charge in [0.15, 0.2) is 0 Å². The molecular weight excluding hydrogens is 240 g/mol. The maximum absolute atomic E-state index is 9.79. The van der Waals surface area contributed by atoms with Crippen molar-refractivity contribution >= 4 is 0 Å². The molecule has 1 heterocycles. The smallest absolute Gasteiger partial charge is 0.0614 e. The highest BCUT2D eigenvalue weighted by atomic mass is 16.5. The van der Waals surface area contributed by atoms with Crippen molar-refractivity contribution in [2.24, 2.45) is 0 Å². The third-order valence-corrected chi connectivity index (χ3v) is 5.30. The number of nitrogens with one attached hydrogen (secondary N) is 1. The van der Waals surface area contributed by atoms with Crippen molar-refractivity contribution < 1.29 is 9.84 Å². The van der Waals surface area contributed by atoms with Crippen molar-refractivity contribution in [1.82, 2.24) is 10.2 Å². The Labute approximate surface area is 116 Å². The Kier molecular flexibility index (Phi) is 4.13. The van der Waals surface area contributed by atoms with Gasteiger partial charge in [-0.1, -0.05) is 0 Å². The molecule has 3 aliphatic rings. The lowest BCUT2D eigenvalue weighted by molar-refractivity contribution is 0.0259. The average molecular weight is 268 g/mol. The van der Waals surface area contributed by atoms with Crippen molar-refractivity contribution in [3.05, 3.63) is 0 Å². The maximum atomic E-state index is 9.79. The molecule has 0 amide bonds. The molecule has 2 aliphatic carbocycles. The van der Waals surface area contributed by atoms with Crippen LogP contribution < -0.4 is 5.32 Å². The molecule has 0 aromatic carbocycles. The third kappa shape index (κ3) is 3.13. The summed E-state index contributed by atoms with van der Waals surface area (Å²) in [6.45, 7) is 2.62. The van der Waals surface area contributed by atoms with Crippen LogP contribution in [-0.2, 0) is 4.74 Å². The van der Waals surface area contributed by atoms with E-state index in [1.807, 2.05) is 7.11 Å². The van der Waals surface area contributed by atoms with Crippen LogP contribution in [0.3, 0.4) is 0 Å². The number of hydrogen-bond acceptors (Lipinski definition) is 4. The van der Waals surface area contributed by atoms with Gasteiger partial charge in [-0.3, -0.25) is 0 Å². The molecule has 3 fully saturated rings. The summed E-state index contributed by atoms with van der Waals surface area (Å²) in [5.41, 5.74) is 0.0178. The largest absolute Gasteiger partial charge is 0.394 e. The van der Waals surface area contributed by atoms with Gasteiger partial charge in [0.05, 0.1) is 12.7 Å². The molecule has 0 bridgehead atoms. The highest BCUT2D eigenvalue weighted by Gasteiger charge is 2.44. The van der Waals surface area contributed by atoms with E-state index in [4.69, 9.17) is 4.74 Å². The molecule has 0 spiro atoms. The van der Waals surface area contributed by atoms with Gasteiger partial charge in [0, 0.05) is 37.8 Å². The zero-order chi connectivity index (χ0) is 13.3. The van der Waals surface area contributed by atoms with E-state index in [9.17, 15) is 5.11 Å². The number of nitrogens with zero attached hydrogens (tertiary/aromatic N) is 1. The summed E-state index contributed by atoms with van der Waals surface area (Å²) in [6.07, 6.45) is 8.87. The van der Waals surface area contributed by atoms with Crippen LogP contribution >= 0.6 is 0 Å². The van der Waals surface area contributed by atoms with Crippen LogP contribution in [0.5, 0.6) is 0 Å². The standard InChI is InChI=1S/C15H28N2O2/c1-19-14-5-8-17(9-6-14)13-4-7-15(10-13,11-18)16-12-2-3-12/h12-14,16,18H,2-11H2,1H3. The Morgan fingerprint density at radius 3 is 2.53 bits per heavy atom. The summed E-state index contributed by atoms with van der Waals surface area (Å²) in [4.78, 5) is 2.63. The lowest BCUT2D eigenvalue weighted by Gasteiger charge is -2.37. The molecule has 4 nitrogen and oxygen atoms in total. The Hall–Kier alpha value is -0.160. The number of methoxy groups -OCH3 is 1. The van der Waals surface area contributed by atoms with Crippen LogP contribution in [0, 0.1) is 0 Å². The van der Waals surface area contributed by atoms with E-state index in [0.717, 1.165) is 38.8 Å². The Balaban J connectivity index is 1.53. The predicted octanol–water partition coefficient (Wildman–Crippen LogP) is 1.13. The molecule has 0 aromatic heterocycles. The fraction of sp³-hybridized carbons (Fsp3) is 1.00. The molecule has 0 aromatic rings. The van der Waals surface area contributed by atoms with E-state index in [-0.39, 0.29) is 5.54 Å². The summed E-state index contributed by atoms with van der Waals surface area (Å²) < 4.78 is 5.45. The zero-order valence-electron chi connectivity index (χ0n) is 12.1. The first-order valence-electron chi connectivity index (χ1n) is 7.90. The lowest BCUT2D eigenvalue weighted by Crippen LogP contribution is -2.50. The third-order valence-electron chi connectivity index (χ3n) is 5.30. The topological polar surface area (TPSA) is 44.7 Å². The fourth-order valence-corrected chi connectivity index (χ4v) is 3.87. The summed E-state index contributed by atoms with van der Waals surface area (Å²) in [6, 6.07) is 1.35. The van der Waals surface area contributed by atoms with Crippen LogP contribution in [0.15, 0.2) is 0 Å². The van der Waals surface area contributed by atoms with Crippen molar-refractivity contribution in [2.45, 2.75) is 68.7 Å². The molecule has 0 radical (unpaired) electrons. The molecule has 2 saturated carbocycles. The van der Waals surface area contributed by atoms with Crippen molar-refractivity contribution in [1.29, 1.82) is 0 Å². The van der Waals surface area contributed by atoms with Gasteiger partial charge in [-0.25, -0.2) is 0 Å². The van der Waals surface area contributed by atoms with Gasteiger partial charge < -0.3 is 20.1 Å². The quantitative estimate of drug-likeness (QED) is 0.785. The molecule has 110 valence electrons. The minimum atomic E-state index is 0.0178. The molecule has 2 atom stereocenters. The normalized spacial score (nSPS) is 37.9. The van der Waals surface area contributed by atoms with Gasteiger partial charge in [-0.15, -0.1) is 0 Å². The van der Waals surface area contributed by atoms with Crippen molar-refractivity contribution in [2.75, 3.05) is 26.8 Å². The SMILES string of the molecule is COC1CCN(C2CCC(CO)(NC3CC3)C2)CC1. The second kappa shape index (κ2) is 5.68. The number of piperidine rings is 1. The number of aliphatic hydroxyl groups is 1. The van der Waals surface area contributed by atoms with E-state index < -0.39 is 0 Å². The summed E-state index contributed by atoms with van der Waals surface area (Å²) in [5.74, 6) is 0. The van der Waals surface area contributed by atoms with Crippen molar-refractivity contribution in [3.8, 4) is 0 Å². The monoisotopic (exact) mass is 268 g/mol. The first kappa shape index (κ1) is 13.8. The zero-order valence-corrected chi connectivity index (χ0v) is 12.1. The number of aliphatic hydroxyl groups excluding tert-OH is 1. The minimum Gasteiger partial charge on any atom is -0.394 e. The van der Waals surface area contributed by atoms with E-state index in [1.165, 1.54) is 19.3 Å². The Morgan fingerprint density at radius 2 is 1.95 bits per heavy atom. The number of rotatable bonds is 5. The van der Waals surface area contributed by atoms with Gasteiger partial charge in [0.2, 0.25) is 0 Å². The molecule has 3 rings (SSSR count). The highest BCUT2D eigenvalue weighted by Crippen LogP contribution is 2.37. The van der Waals surface area contributed by atoms with E-state index >= 15 is 0 Å². The molecule has 4 heteroatoms. The number of hydrogen-bond donors (Lipinski definition) is 2. The first-order valence-corrected chi connectivity index (χ1v) is 7.90. The molecule has 19 heavy (non-hydrogen) atoms. The summed E-state index contributed by atoms with van der Waals surface area (Å²) in [7, 11) is 1.83. The van der Waals surface area contributed by atoms with Crippen LogP contribution in [0.2, 0.25) is 0 Å². The molecule has 1 saturated heterocycles. The van der Waals surface area contributed by atoms with Gasteiger partial charge in [0.1, 0.15) is 0 Å². The molecule has 2 N–H and O–H groups in total. The van der Waals surface area contributed by atoms with Crippen molar-refractivity contribution in [3.63, 3.8) is 0 Å². The predicted molar refractivity (Wildman–Crippen MR) is 75.2 cm³/mol. The first-order chi connectivity index (χ1) is 9.24. The molecule has 1 aliphatic heterocycles. The number of likely N-dealkylation sites (tertiary alicyclic amines) is 1. The summed E-state index contributed by atoms with van der Waals surface area (Å²) in [5, 5.41) is 13.5. The Bertz CT molecular complexity index is 301. The van der Waals surface area contributed by atoms with Gasteiger partial charge in [-0.2, -0.15) is 0 Å². The van der Waals surface area contributed by atoms with Crippen LogP contribution in [0.1, 0.15) is 44.9 Å². The lowest BCUT2D eigenvalue weighted by atomic mass is 9.97. The van der Waals surface area contributed by atoms with Gasteiger partial charge in [0.25, 0.3) is 0 Å². The van der Waals surface area contributed by atoms with Crippen LogP contribution in [0.4, 0.5) is 0 Å². The second-order valence-corrected chi connectivity index (χ2v) is 6.72. The van der Waals surface area contributed by atoms with Gasteiger partial charge in [-0.05, 0) is 44.9 Å². The average Bonchev–Trinajstić information content (AvgIpc) is 3.16. The highest BCUT2D eigenvalue weighted by molar-refractivity contribution is 5.03. The van der Waals surface area contributed by atoms with Crippen LogP contribution in [-0.4, -0.2) is 60.5 Å². The summed E-state index contributed by atoms with van der Waals surface area (Å²) >= 11 is 0. The second-order valence-electron chi connectivity index (χ2n) is 6.72. The fourth-order valence-electron chi connectivity index (χ4n) is 3.87. The Morgan fingerprint density at radius 1 is 1.21 bits per heavy atom. The van der Waals surface area contributed by atoms with E-state index in [0.29, 0.717) is 24.8 Å². The maximum Gasteiger partial charge on any atom is 0.0614 e. The molecular formula is C15H28N2O2. The van der Waals surface area contributed by atoms with E-state index in [1.54, 1.807) is 0 Å². The van der Waals surface area contributed by atoms with E-state index in [2.05, 4.69) is 10.2 Å². The van der Waals surface area contributed by atoms with Gasteiger partial charge >= 0.3 is 0 Å². The minimum absolute atomic E-state index is 0.0178. The molecule has 2 unspecified atom stereocenters.